The van der Waals surface area contributed by atoms with Crippen molar-refractivity contribution in [3.63, 3.8) is 0 Å². The highest BCUT2D eigenvalue weighted by Crippen LogP contribution is 2.03. The fourth-order valence-corrected chi connectivity index (χ4v) is 1.73. The van der Waals surface area contributed by atoms with E-state index in [1.54, 1.807) is 0 Å². The number of unbranched alkanes of at least 4 members (excludes halogenated alkanes) is 1. The van der Waals surface area contributed by atoms with Gasteiger partial charge in [0.15, 0.2) is 0 Å². The first kappa shape index (κ1) is 20.3. The third kappa shape index (κ3) is 10.6. The number of aliphatic hydroxyl groups excluding tert-OH is 1. The second kappa shape index (κ2) is 13.0. The molecule has 0 aliphatic rings. The SMILES string of the molecule is CCCCOCCOCC(O)CNC(C(=O)OC)C(C)C. The minimum atomic E-state index is -0.661. The van der Waals surface area contributed by atoms with Crippen molar-refractivity contribution in [2.75, 3.05) is 40.1 Å². The summed E-state index contributed by atoms with van der Waals surface area (Å²) in [5.41, 5.74) is 0. The van der Waals surface area contributed by atoms with Crippen molar-refractivity contribution in [2.24, 2.45) is 5.92 Å². The van der Waals surface area contributed by atoms with Crippen molar-refractivity contribution in [3.05, 3.63) is 0 Å². The molecule has 0 rings (SSSR count). The van der Waals surface area contributed by atoms with Crippen LogP contribution in [0.1, 0.15) is 33.6 Å². The largest absolute Gasteiger partial charge is 0.468 e. The highest BCUT2D eigenvalue weighted by atomic mass is 16.5. The van der Waals surface area contributed by atoms with Crippen LogP contribution in [0.5, 0.6) is 0 Å². The first-order chi connectivity index (χ1) is 10.0. The van der Waals surface area contributed by atoms with Gasteiger partial charge < -0.3 is 24.6 Å². The third-order valence-electron chi connectivity index (χ3n) is 3.02. The molecule has 126 valence electrons. The predicted octanol–water partition coefficient (Wildman–Crippen LogP) is 0.968. The molecule has 0 saturated carbocycles. The smallest absolute Gasteiger partial charge is 0.323 e. The Morgan fingerprint density at radius 2 is 1.86 bits per heavy atom. The van der Waals surface area contributed by atoms with Crippen molar-refractivity contribution >= 4 is 5.97 Å². The molecule has 6 heteroatoms. The van der Waals surface area contributed by atoms with E-state index in [-0.39, 0.29) is 25.0 Å². The number of esters is 1. The minimum absolute atomic E-state index is 0.0949. The summed E-state index contributed by atoms with van der Waals surface area (Å²) in [6, 6.07) is -0.415. The van der Waals surface area contributed by atoms with Crippen LogP contribution >= 0.6 is 0 Å². The Labute approximate surface area is 128 Å². The Morgan fingerprint density at radius 3 is 2.43 bits per heavy atom. The van der Waals surface area contributed by atoms with Crippen LogP contribution in [0.15, 0.2) is 0 Å². The lowest BCUT2D eigenvalue weighted by atomic mass is 10.0. The Kier molecular flexibility index (Phi) is 12.6. The van der Waals surface area contributed by atoms with Crippen LogP contribution in [0.4, 0.5) is 0 Å². The van der Waals surface area contributed by atoms with E-state index < -0.39 is 12.1 Å². The Bertz CT molecular complexity index is 260. The molecule has 21 heavy (non-hydrogen) atoms. The highest BCUT2D eigenvalue weighted by Gasteiger charge is 2.23. The van der Waals surface area contributed by atoms with Gasteiger partial charge in [-0.25, -0.2) is 0 Å². The molecule has 2 N–H and O–H groups in total. The van der Waals surface area contributed by atoms with Gasteiger partial charge in [0.25, 0.3) is 0 Å². The van der Waals surface area contributed by atoms with Crippen LogP contribution in [0.3, 0.4) is 0 Å². The molecule has 0 aromatic carbocycles. The maximum atomic E-state index is 11.5. The molecule has 6 nitrogen and oxygen atoms in total. The molecular weight excluding hydrogens is 274 g/mol. The number of rotatable bonds is 13. The van der Waals surface area contributed by atoms with Gasteiger partial charge in [-0.1, -0.05) is 27.2 Å². The Balaban J connectivity index is 3.68. The molecule has 2 unspecified atom stereocenters. The lowest BCUT2D eigenvalue weighted by Crippen LogP contribution is -2.45. The number of ether oxygens (including phenoxy) is 3. The predicted molar refractivity (Wildman–Crippen MR) is 81.2 cm³/mol. The minimum Gasteiger partial charge on any atom is -0.468 e. The molecule has 0 heterocycles. The number of aliphatic hydroxyl groups is 1. The van der Waals surface area contributed by atoms with E-state index in [4.69, 9.17) is 14.2 Å². The van der Waals surface area contributed by atoms with Gasteiger partial charge in [-0.05, 0) is 12.3 Å². The Hall–Kier alpha value is -0.690. The van der Waals surface area contributed by atoms with E-state index >= 15 is 0 Å². The van der Waals surface area contributed by atoms with Crippen LogP contribution < -0.4 is 5.32 Å². The first-order valence-corrected chi connectivity index (χ1v) is 7.67. The molecule has 0 saturated heterocycles. The molecule has 0 amide bonds. The maximum absolute atomic E-state index is 11.5. The zero-order chi connectivity index (χ0) is 16.1. The molecule has 0 bridgehead atoms. The van der Waals surface area contributed by atoms with Gasteiger partial charge in [0, 0.05) is 13.2 Å². The van der Waals surface area contributed by atoms with Gasteiger partial charge in [0.1, 0.15) is 6.04 Å². The number of carbonyl (C=O) groups is 1. The van der Waals surface area contributed by atoms with E-state index in [1.165, 1.54) is 7.11 Å². The monoisotopic (exact) mass is 305 g/mol. The van der Waals surface area contributed by atoms with Crippen molar-refractivity contribution in [2.45, 2.75) is 45.8 Å². The zero-order valence-corrected chi connectivity index (χ0v) is 13.8. The average Bonchev–Trinajstić information content (AvgIpc) is 2.45. The fraction of sp³-hybridized carbons (Fsp3) is 0.933. The number of hydrogen-bond acceptors (Lipinski definition) is 6. The van der Waals surface area contributed by atoms with Crippen molar-refractivity contribution in [3.8, 4) is 0 Å². The number of carbonyl (C=O) groups excluding carboxylic acids is 1. The van der Waals surface area contributed by atoms with E-state index in [2.05, 4.69) is 12.2 Å². The lowest BCUT2D eigenvalue weighted by Gasteiger charge is -2.21. The molecule has 0 fully saturated rings. The maximum Gasteiger partial charge on any atom is 0.323 e. The summed E-state index contributed by atoms with van der Waals surface area (Å²) in [7, 11) is 1.36. The molecule has 0 spiro atoms. The lowest BCUT2D eigenvalue weighted by molar-refractivity contribution is -0.144. The fourth-order valence-electron chi connectivity index (χ4n) is 1.73. The molecule has 0 aliphatic carbocycles. The first-order valence-electron chi connectivity index (χ1n) is 7.67. The Morgan fingerprint density at radius 1 is 1.19 bits per heavy atom. The summed E-state index contributed by atoms with van der Waals surface area (Å²) >= 11 is 0. The second-order valence-electron chi connectivity index (χ2n) is 5.35. The van der Waals surface area contributed by atoms with Gasteiger partial charge in [0.2, 0.25) is 0 Å². The van der Waals surface area contributed by atoms with Gasteiger partial charge in [-0.3, -0.25) is 4.79 Å². The van der Waals surface area contributed by atoms with Crippen LogP contribution in [-0.4, -0.2) is 63.3 Å². The molecule has 0 radical (unpaired) electrons. The van der Waals surface area contributed by atoms with Crippen LogP contribution in [0.25, 0.3) is 0 Å². The summed E-state index contributed by atoms with van der Waals surface area (Å²) in [6.45, 7) is 8.21. The average molecular weight is 305 g/mol. The van der Waals surface area contributed by atoms with E-state index in [1.807, 2.05) is 13.8 Å². The molecular formula is C15H31NO5. The summed E-state index contributed by atoms with van der Waals surface area (Å²) in [5.74, 6) is -0.222. The molecule has 2 atom stereocenters. The van der Waals surface area contributed by atoms with Crippen molar-refractivity contribution in [1.29, 1.82) is 0 Å². The van der Waals surface area contributed by atoms with Gasteiger partial charge in [-0.2, -0.15) is 0 Å². The van der Waals surface area contributed by atoms with E-state index in [9.17, 15) is 9.90 Å². The zero-order valence-electron chi connectivity index (χ0n) is 13.8. The standard InChI is InChI=1S/C15H31NO5/c1-5-6-7-20-8-9-21-11-13(17)10-16-14(12(2)3)15(18)19-4/h12-14,16-17H,5-11H2,1-4H3. The van der Waals surface area contributed by atoms with Gasteiger partial charge >= 0.3 is 5.97 Å². The summed E-state index contributed by atoms with van der Waals surface area (Å²) in [5, 5.41) is 12.8. The van der Waals surface area contributed by atoms with E-state index in [0.717, 1.165) is 19.4 Å². The number of methoxy groups -OCH3 is 1. The van der Waals surface area contributed by atoms with Crippen LogP contribution in [0, 0.1) is 5.92 Å². The summed E-state index contributed by atoms with van der Waals surface area (Å²) < 4.78 is 15.4. The van der Waals surface area contributed by atoms with Crippen LogP contribution in [0.2, 0.25) is 0 Å². The molecule has 0 aromatic heterocycles. The molecule has 0 aromatic rings. The topological polar surface area (TPSA) is 77.0 Å². The highest BCUT2D eigenvalue weighted by molar-refractivity contribution is 5.75. The van der Waals surface area contributed by atoms with E-state index in [0.29, 0.717) is 13.2 Å². The number of hydrogen-bond donors (Lipinski definition) is 2. The van der Waals surface area contributed by atoms with Crippen molar-refractivity contribution < 1.29 is 24.1 Å². The van der Waals surface area contributed by atoms with Gasteiger partial charge in [-0.15, -0.1) is 0 Å². The van der Waals surface area contributed by atoms with Crippen molar-refractivity contribution in [1.82, 2.24) is 5.32 Å². The second-order valence-corrected chi connectivity index (χ2v) is 5.35. The normalized spacial score (nSPS) is 14.2. The van der Waals surface area contributed by atoms with Gasteiger partial charge in [0.05, 0.1) is 33.0 Å². The third-order valence-corrected chi connectivity index (χ3v) is 3.02. The summed E-state index contributed by atoms with van der Waals surface area (Å²) in [4.78, 5) is 11.5. The number of nitrogens with one attached hydrogen (secondary N) is 1. The summed E-state index contributed by atoms with van der Waals surface area (Å²) in [6.07, 6.45) is 1.51. The molecule has 0 aliphatic heterocycles. The quantitative estimate of drug-likeness (QED) is 0.390. The van der Waals surface area contributed by atoms with Crippen LogP contribution in [-0.2, 0) is 19.0 Å².